The van der Waals surface area contributed by atoms with Crippen LogP contribution in [0.3, 0.4) is 0 Å². The van der Waals surface area contributed by atoms with E-state index in [1.54, 1.807) is 0 Å². The van der Waals surface area contributed by atoms with E-state index in [0.29, 0.717) is 24.2 Å². The topological polar surface area (TPSA) is 40.5 Å². The highest BCUT2D eigenvalue weighted by molar-refractivity contribution is 5.25. The summed E-state index contributed by atoms with van der Waals surface area (Å²) in [5.74, 6) is 1.44. The first kappa shape index (κ1) is 15.1. The molecule has 0 aromatic rings. The van der Waals surface area contributed by atoms with Crippen molar-refractivity contribution in [3.63, 3.8) is 0 Å². The Morgan fingerprint density at radius 3 is 2.68 bits per heavy atom. The summed E-state index contributed by atoms with van der Waals surface area (Å²) in [5.41, 5.74) is 1.42. The maximum atomic E-state index is 14.2. The number of hydrogen-bond acceptors (Lipinski definition) is 2. The van der Waals surface area contributed by atoms with Gasteiger partial charge in [-0.25, -0.2) is 4.39 Å². The molecule has 0 aromatic carbocycles. The largest absolute Gasteiger partial charge is 0.393 e. The molecule has 0 amide bonds. The van der Waals surface area contributed by atoms with E-state index in [2.05, 4.69) is 19.9 Å². The highest BCUT2D eigenvalue weighted by atomic mass is 19.1. The molecule has 0 saturated heterocycles. The lowest BCUT2D eigenvalue weighted by Gasteiger charge is -2.57. The van der Waals surface area contributed by atoms with E-state index in [9.17, 15) is 14.6 Å². The first-order valence-corrected chi connectivity index (χ1v) is 9.06. The van der Waals surface area contributed by atoms with Crippen LogP contribution < -0.4 is 0 Å². The van der Waals surface area contributed by atoms with Gasteiger partial charge in [-0.3, -0.25) is 0 Å². The number of hydrogen-bond donors (Lipinski definition) is 2. The predicted octanol–water partition coefficient (Wildman–Crippen LogP) is 3.62. The van der Waals surface area contributed by atoms with Crippen molar-refractivity contribution in [1.82, 2.24) is 0 Å². The van der Waals surface area contributed by atoms with E-state index >= 15 is 0 Å². The van der Waals surface area contributed by atoms with Gasteiger partial charge in [-0.2, -0.15) is 0 Å². The Balaban J connectivity index is 1.68. The zero-order chi connectivity index (χ0) is 15.7. The van der Waals surface area contributed by atoms with Gasteiger partial charge in [0.1, 0.15) is 6.17 Å². The first-order chi connectivity index (χ1) is 10.4. The highest BCUT2D eigenvalue weighted by Crippen LogP contribution is 2.65. The smallest absolute Gasteiger partial charge is 0.127 e. The second kappa shape index (κ2) is 4.80. The van der Waals surface area contributed by atoms with Crippen LogP contribution in [0.5, 0.6) is 0 Å². The number of fused-ring (bicyclic) bond motifs is 5. The van der Waals surface area contributed by atoms with Gasteiger partial charge in [0.2, 0.25) is 0 Å². The second-order valence-electron chi connectivity index (χ2n) is 8.90. The minimum Gasteiger partial charge on any atom is -0.393 e. The summed E-state index contributed by atoms with van der Waals surface area (Å²) in [6, 6.07) is 0. The molecule has 8 atom stereocenters. The normalized spacial score (nSPS) is 57.6. The Kier molecular flexibility index (Phi) is 3.30. The van der Waals surface area contributed by atoms with Crippen molar-refractivity contribution in [3.8, 4) is 0 Å². The van der Waals surface area contributed by atoms with E-state index in [1.165, 1.54) is 5.57 Å². The molecular formula is C19H29FO2. The van der Waals surface area contributed by atoms with Gasteiger partial charge in [0, 0.05) is 0 Å². The molecule has 22 heavy (non-hydrogen) atoms. The van der Waals surface area contributed by atoms with Crippen molar-refractivity contribution < 1.29 is 14.6 Å². The average Bonchev–Trinajstić information content (AvgIpc) is 2.72. The monoisotopic (exact) mass is 308 g/mol. The number of alkyl halides is 1. The fourth-order valence-electron chi connectivity index (χ4n) is 6.59. The maximum absolute atomic E-state index is 14.2. The molecule has 4 aliphatic carbocycles. The Morgan fingerprint density at radius 1 is 1.14 bits per heavy atom. The third kappa shape index (κ3) is 1.84. The van der Waals surface area contributed by atoms with Gasteiger partial charge in [0.05, 0.1) is 12.2 Å². The summed E-state index contributed by atoms with van der Waals surface area (Å²) >= 11 is 0. The minimum absolute atomic E-state index is 0.173. The summed E-state index contributed by atoms with van der Waals surface area (Å²) in [6.45, 7) is 4.49. The lowest BCUT2D eigenvalue weighted by atomic mass is 9.48. The number of allylic oxidation sites excluding steroid dienone is 1. The SMILES string of the molecule is C[C@]12CC[C@H]3[C@@H](CC=C4CC(O)CC[C@@]43C)[C@@H]1C[C@@H](F)[C@H]2O. The van der Waals surface area contributed by atoms with Gasteiger partial charge in [-0.15, -0.1) is 0 Å². The van der Waals surface area contributed by atoms with Crippen LogP contribution in [0.15, 0.2) is 11.6 Å². The highest BCUT2D eigenvalue weighted by Gasteiger charge is 2.61. The number of rotatable bonds is 0. The average molecular weight is 308 g/mol. The molecular weight excluding hydrogens is 279 g/mol. The van der Waals surface area contributed by atoms with Crippen molar-refractivity contribution in [2.24, 2.45) is 28.6 Å². The van der Waals surface area contributed by atoms with Crippen LogP contribution in [0, 0.1) is 28.6 Å². The lowest BCUT2D eigenvalue weighted by molar-refractivity contribution is -0.0763. The van der Waals surface area contributed by atoms with Crippen LogP contribution in [-0.2, 0) is 0 Å². The van der Waals surface area contributed by atoms with Gasteiger partial charge in [0.15, 0.2) is 0 Å². The standard InChI is InChI=1S/C19H29FO2/c1-18-7-5-12(21)9-11(18)3-4-13-14(18)6-8-19(2)15(13)10-16(20)17(19)22/h3,12-17,21-22H,4-10H2,1-2H3/t12?,13-,14+,15+,16-,17-,18+,19+/m1/s1. The van der Waals surface area contributed by atoms with Gasteiger partial charge in [-0.05, 0) is 73.5 Å². The molecule has 3 fully saturated rings. The molecule has 2 N–H and O–H groups in total. The van der Waals surface area contributed by atoms with Crippen molar-refractivity contribution in [2.45, 2.75) is 77.2 Å². The lowest BCUT2D eigenvalue weighted by Crippen LogP contribution is -2.51. The summed E-state index contributed by atoms with van der Waals surface area (Å²) in [6.07, 6.45) is 6.76. The molecule has 4 aliphatic rings. The molecule has 1 unspecified atom stereocenters. The van der Waals surface area contributed by atoms with Crippen molar-refractivity contribution in [3.05, 3.63) is 11.6 Å². The Bertz CT molecular complexity index is 504. The van der Waals surface area contributed by atoms with Gasteiger partial charge in [0.25, 0.3) is 0 Å². The molecule has 2 nitrogen and oxygen atoms in total. The third-order valence-corrected chi connectivity index (χ3v) is 8.01. The summed E-state index contributed by atoms with van der Waals surface area (Å²) in [7, 11) is 0. The number of halogens is 1. The maximum Gasteiger partial charge on any atom is 0.127 e. The van der Waals surface area contributed by atoms with Crippen LogP contribution in [-0.4, -0.2) is 28.6 Å². The molecule has 3 saturated carbocycles. The molecule has 3 heteroatoms. The van der Waals surface area contributed by atoms with Crippen LogP contribution in [0.25, 0.3) is 0 Å². The van der Waals surface area contributed by atoms with Gasteiger partial charge < -0.3 is 10.2 Å². The van der Waals surface area contributed by atoms with E-state index in [0.717, 1.165) is 38.5 Å². The fraction of sp³-hybridized carbons (Fsp3) is 0.895. The van der Waals surface area contributed by atoms with Crippen LogP contribution in [0.1, 0.15) is 58.8 Å². The van der Waals surface area contributed by atoms with Gasteiger partial charge in [-0.1, -0.05) is 25.5 Å². The fourth-order valence-corrected chi connectivity index (χ4v) is 6.59. The van der Waals surface area contributed by atoms with Crippen molar-refractivity contribution in [1.29, 1.82) is 0 Å². The van der Waals surface area contributed by atoms with E-state index in [4.69, 9.17) is 0 Å². The molecule has 0 bridgehead atoms. The molecule has 124 valence electrons. The molecule has 4 rings (SSSR count). The molecule has 0 aromatic heterocycles. The quantitative estimate of drug-likeness (QED) is 0.671. The molecule has 0 heterocycles. The van der Waals surface area contributed by atoms with E-state index < -0.39 is 12.3 Å². The zero-order valence-corrected chi connectivity index (χ0v) is 13.8. The van der Waals surface area contributed by atoms with Crippen LogP contribution >= 0.6 is 0 Å². The second-order valence-corrected chi connectivity index (χ2v) is 8.90. The molecule has 0 radical (unpaired) electrons. The zero-order valence-electron chi connectivity index (χ0n) is 13.8. The number of aliphatic hydroxyl groups excluding tert-OH is 2. The third-order valence-electron chi connectivity index (χ3n) is 8.01. The summed E-state index contributed by atoms with van der Waals surface area (Å²) in [4.78, 5) is 0. The predicted molar refractivity (Wildman–Crippen MR) is 84.0 cm³/mol. The van der Waals surface area contributed by atoms with E-state index in [-0.39, 0.29) is 16.9 Å². The van der Waals surface area contributed by atoms with E-state index in [1.807, 2.05) is 0 Å². The Labute approximate surface area is 132 Å². The van der Waals surface area contributed by atoms with Crippen molar-refractivity contribution in [2.75, 3.05) is 0 Å². The van der Waals surface area contributed by atoms with Gasteiger partial charge >= 0.3 is 0 Å². The summed E-state index contributed by atoms with van der Waals surface area (Å²) in [5, 5.41) is 20.3. The molecule has 0 aliphatic heterocycles. The van der Waals surface area contributed by atoms with Crippen LogP contribution in [0.2, 0.25) is 0 Å². The molecule has 0 spiro atoms. The van der Waals surface area contributed by atoms with Crippen molar-refractivity contribution >= 4 is 0 Å². The Morgan fingerprint density at radius 2 is 1.91 bits per heavy atom. The summed E-state index contributed by atoms with van der Waals surface area (Å²) < 4.78 is 14.2. The van der Waals surface area contributed by atoms with Crippen LogP contribution in [0.4, 0.5) is 4.39 Å². The minimum atomic E-state index is -1.04. The first-order valence-electron chi connectivity index (χ1n) is 9.06. The Hall–Kier alpha value is -0.410. The number of aliphatic hydroxyl groups is 2.